The van der Waals surface area contributed by atoms with Crippen LogP contribution in [0.5, 0.6) is 0 Å². The highest BCUT2D eigenvalue weighted by Crippen LogP contribution is 2.40. The average molecular weight is 461 g/mol. The Bertz CT molecular complexity index is 953. The molecule has 2 aromatic rings. The topological polar surface area (TPSA) is 92.4 Å². The van der Waals surface area contributed by atoms with E-state index in [2.05, 4.69) is 24.3 Å². The average Bonchev–Trinajstić information content (AvgIpc) is 3.16. The van der Waals surface area contributed by atoms with Crippen LogP contribution in [0.2, 0.25) is 5.02 Å². The summed E-state index contributed by atoms with van der Waals surface area (Å²) in [5.74, 6) is 0.506. The molecule has 1 aliphatic rings. The smallest absolute Gasteiger partial charge is 0.303 e. The van der Waals surface area contributed by atoms with E-state index in [1.54, 1.807) is 12.1 Å². The lowest BCUT2D eigenvalue weighted by Gasteiger charge is -2.22. The molecule has 2 N–H and O–H groups in total. The van der Waals surface area contributed by atoms with E-state index in [1.807, 2.05) is 13.0 Å². The number of carboxylic acids is 1. The standard InChI is InChI=1S/C25H33ClN2O4/c1-15(2)7-9-17-5-4-6-19-24(28-32-25(17)19)18(10-12-23(30)31)14-22(29)27-21-11-8-16(3)13-20(21)26/h8,11,13,15,17-18H,4-7,9-10,12,14H2,1-3H3,(H,27,29)(H,30,31)/t17?,18-/m0/s1. The second-order valence-corrected chi connectivity index (χ2v) is 9.74. The third-order valence-corrected chi connectivity index (χ3v) is 6.53. The number of hydrogen-bond acceptors (Lipinski definition) is 4. The van der Waals surface area contributed by atoms with Gasteiger partial charge >= 0.3 is 5.97 Å². The number of nitrogens with zero attached hydrogens (tertiary/aromatic N) is 1. The summed E-state index contributed by atoms with van der Waals surface area (Å²) in [4.78, 5) is 24.1. The van der Waals surface area contributed by atoms with E-state index in [0.29, 0.717) is 29.0 Å². The van der Waals surface area contributed by atoms with E-state index in [1.165, 1.54) is 0 Å². The van der Waals surface area contributed by atoms with Crippen molar-refractivity contribution in [2.75, 3.05) is 5.32 Å². The lowest BCUT2D eigenvalue weighted by molar-refractivity contribution is -0.137. The van der Waals surface area contributed by atoms with Gasteiger partial charge in [0.05, 0.1) is 16.4 Å². The number of halogens is 1. The van der Waals surface area contributed by atoms with Gasteiger partial charge in [-0.05, 0) is 62.6 Å². The highest BCUT2D eigenvalue weighted by atomic mass is 35.5. The number of aryl methyl sites for hydroxylation is 1. The summed E-state index contributed by atoms with van der Waals surface area (Å²) in [5, 5.41) is 16.9. The molecule has 0 saturated heterocycles. The normalized spacial score (nSPS) is 16.6. The van der Waals surface area contributed by atoms with Crippen LogP contribution in [0.4, 0.5) is 5.69 Å². The maximum Gasteiger partial charge on any atom is 0.303 e. The molecule has 0 spiro atoms. The van der Waals surface area contributed by atoms with Crippen LogP contribution < -0.4 is 5.32 Å². The van der Waals surface area contributed by atoms with Crippen LogP contribution in [-0.4, -0.2) is 22.1 Å². The van der Waals surface area contributed by atoms with Crippen LogP contribution in [0.3, 0.4) is 0 Å². The number of carbonyl (C=O) groups is 2. The predicted molar refractivity (Wildman–Crippen MR) is 125 cm³/mol. The summed E-state index contributed by atoms with van der Waals surface area (Å²) in [6.45, 7) is 6.37. The second kappa shape index (κ2) is 11.0. The van der Waals surface area contributed by atoms with E-state index >= 15 is 0 Å². The summed E-state index contributed by atoms with van der Waals surface area (Å²) in [6.07, 6.45) is 5.63. The lowest BCUT2D eigenvalue weighted by Crippen LogP contribution is -2.18. The van der Waals surface area contributed by atoms with Crippen molar-refractivity contribution in [3.8, 4) is 0 Å². The van der Waals surface area contributed by atoms with Crippen LogP contribution in [0, 0.1) is 12.8 Å². The molecule has 0 saturated carbocycles. The minimum Gasteiger partial charge on any atom is -0.481 e. The molecule has 1 aliphatic carbocycles. The van der Waals surface area contributed by atoms with Crippen molar-refractivity contribution in [3.63, 3.8) is 0 Å². The SMILES string of the molecule is Cc1ccc(NC(=O)C[C@H](CCC(=O)O)c2noc3c2CCCC3CCC(C)C)c(Cl)c1. The molecule has 3 rings (SSSR count). The Morgan fingerprint density at radius 2 is 2.09 bits per heavy atom. The molecule has 1 unspecified atom stereocenters. The number of carboxylic acid groups (broad SMARTS) is 1. The molecule has 0 bridgehead atoms. The van der Waals surface area contributed by atoms with Crippen molar-refractivity contribution in [3.05, 3.63) is 45.8 Å². The Morgan fingerprint density at radius 1 is 1.31 bits per heavy atom. The summed E-state index contributed by atoms with van der Waals surface area (Å²) in [6, 6.07) is 5.46. The van der Waals surface area contributed by atoms with Crippen LogP contribution in [0.25, 0.3) is 0 Å². The quantitative estimate of drug-likeness (QED) is 0.423. The van der Waals surface area contributed by atoms with Gasteiger partial charge in [-0.2, -0.15) is 0 Å². The van der Waals surface area contributed by atoms with Crippen LogP contribution >= 0.6 is 11.6 Å². The highest BCUT2D eigenvalue weighted by Gasteiger charge is 2.32. The van der Waals surface area contributed by atoms with Gasteiger partial charge in [-0.25, -0.2) is 0 Å². The van der Waals surface area contributed by atoms with Crippen LogP contribution in [0.15, 0.2) is 22.7 Å². The lowest BCUT2D eigenvalue weighted by atomic mass is 9.81. The molecular formula is C25H33ClN2O4. The number of hydrogen-bond donors (Lipinski definition) is 2. The van der Waals surface area contributed by atoms with E-state index in [9.17, 15) is 14.7 Å². The number of aromatic nitrogens is 1. The third kappa shape index (κ3) is 6.35. The predicted octanol–water partition coefficient (Wildman–Crippen LogP) is 6.47. The molecule has 1 heterocycles. The van der Waals surface area contributed by atoms with Crippen molar-refractivity contribution in [2.45, 2.75) is 84.0 Å². The highest BCUT2D eigenvalue weighted by molar-refractivity contribution is 6.33. The second-order valence-electron chi connectivity index (χ2n) is 9.34. The van der Waals surface area contributed by atoms with Crippen LogP contribution in [0.1, 0.15) is 93.2 Å². The van der Waals surface area contributed by atoms with Crippen molar-refractivity contribution < 1.29 is 19.2 Å². The molecule has 0 radical (unpaired) electrons. The summed E-state index contributed by atoms with van der Waals surface area (Å²) in [7, 11) is 0. The maximum absolute atomic E-state index is 12.8. The number of anilines is 1. The number of nitrogens with one attached hydrogen (secondary N) is 1. The van der Waals surface area contributed by atoms with Gasteiger partial charge in [0.25, 0.3) is 0 Å². The Kier molecular flexibility index (Phi) is 8.35. The fraction of sp³-hybridized carbons (Fsp3) is 0.560. The minimum absolute atomic E-state index is 0.0261. The summed E-state index contributed by atoms with van der Waals surface area (Å²) >= 11 is 6.26. The first-order valence-corrected chi connectivity index (χ1v) is 11.9. The molecule has 1 amide bonds. The molecule has 0 fully saturated rings. The fourth-order valence-electron chi connectivity index (χ4n) is 4.47. The number of aliphatic carboxylic acids is 1. The molecule has 174 valence electrons. The summed E-state index contributed by atoms with van der Waals surface area (Å²) in [5.41, 5.74) is 3.39. The number of fused-ring (bicyclic) bond motifs is 1. The van der Waals surface area contributed by atoms with Crippen molar-refractivity contribution >= 4 is 29.2 Å². The van der Waals surface area contributed by atoms with Crippen LogP contribution in [-0.2, 0) is 16.0 Å². The number of benzene rings is 1. The molecule has 6 nitrogen and oxygen atoms in total. The zero-order valence-corrected chi connectivity index (χ0v) is 19.9. The molecule has 32 heavy (non-hydrogen) atoms. The minimum atomic E-state index is -0.885. The van der Waals surface area contributed by atoms with E-state index in [0.717, 1.165) is 54.7 Å². The number of carbonyl (C=O) groups excluding carboxylic acids is 1. The van der Waals surface area contributed by atoms with Gasteiger partial charge in [-0.15, -0.1) is 0 Å². The van der Waals surface area contributed by atoms with Gasteiger partial charge < -0.3 is 14.9 Å². The Hall–Kier alpha value is -2.34. The molecule has 1 aromatic heterocycles. The zero-order chi connectivity index (χ0) is 23.3. The zero-order valence-electron chi connectivity index (χ0n) is 19.1. The van der Waals surface area contributed by atoms with Gasteiger partial charge in [-0.1, -0.05) is 43.1 Å². The third-order valence-electron chi connectivity index (χ3n) is 6.22. The molecule has 2 atom stereocenters. The van der Waals surface area contributed by atoms with Crippen molar-refractivity contribution in [1.82, 2.24) is 5.16 Å². The first-order chi connectivity index (χ1) is 15.2. The Balaban J connectivity index is 1.78. The van der Waals surface area contributed by atoms with E-state index in [4.69, 9.17) is 16.1 Å². The number of rotatable bonds is 10. The van der Waals surface area contributed by atoms with Crippen molar-refractivity contribution in [2.24, 2.45) is 5.92 Å². The first kappa shape index (κ1) is 24.3. The Morgan fingerprint density at radius 3 is 2.78 bits per heavy atom. The van der Waals surface area contributed by atoms with E-state index < -0.39 is 5.97 Å². The largest absolute Gasteiger partial charge is 0.481 e. The monoisotopic (exact) mass is 460 g/mol. The van der Waals surface area contributed by atoms with Gasteiger partial charge in [-0.3, -0.25) is 9.59 Å². The maximum atomic E-state index is 12.8. The molecule has 1 aromatic carbocycles. The fourth-order valence-corrected chi connectivity index (χ4v) is 4.76. The van der Waals surface area contributed by atoms with E-state index in [-0.39, 0.29) is 24.7 Å². The summed E-state index contributed by atoms with van der Waals surface area (Å²) < 4.78 is 5.80. The first-order valence-electron chi connectivity index (χ1n) is 11.5. The van der Waals surface area contributed by atoms with Gasteiger partial charge in [0, 0.05) is 30.2 Å². The van der Waals surface area contributed by atoms with Gasteiger partial charge in [0.2, 0.25) is 5.91 Å². The Labute approximate surface area is 194 Å². The molecule has 0 aliphatic heterocycles. The van der Waals surface area contributed by atoms with Gasteiger partial charge in [0.15, 0.2) is 0 Å². The molecular weight excluding hydrogens is 428 g/mol. The molecule has 7 heteroatoms. The van der Waals surface area contributed by atoms with Crippen molar-refractivity contribution in [1.29, 1.82) is 0 Å². The number of amides is 1. The van der Waals surface area contributed by atoms with Gasteiger partial charge in [0.1, 0.15) is 5.76 Å².